The van der Waals surface area contributed by atoms with Crippen LogP contribution in [0.2, 0.25) is 0 Å². The van der Waals surface area contributed by atoms with Gasteiger partial charge in [0.15, 0.2) is 0 Å². The Hall–Kier alpha value is -1.31. The van der Waals surface area contributed by atoms with Crippen LogP contribution in [0.5, 0.6) is 5.75 Å². The standard InChI is InChI=1S/C13H16O2/c1-10(9-14)7-11-3-2-4-13(8-11)15-12-5-6-12/h2-4,8-10,12H,5-7H2,1H3. The molecule has 80 valence electrons. The Kier molecular flexibility index (Phi) is 3.05. The van der Waals surface area contributed by atoms with Crippen molar-refractivity contribution in [1.29, 1.82) is 0 Å². The van der Waals surface area contributed by atoms with Gasteiger partial charge < -0.3 is 9.53 Å². The van der Waals surface area contributed by atoms with Crippen molar-refractivity contribution in [3.8, 4) is 5.75 Å². The molecule has 1 saturated carbocycles. The maximum atomic E-state index is 10.6. The fourth-order valence-electron chi connectivity index (χ4n) is 1.54. The van der Waals surface area contributed by atoms with E-state index in [0.717, 1.165) is 18.5 Å². The summed E-state index contributed by atoms with van der Waals surface area (Å²) in [6, 6.07) is 8.05. The summed E-state index contributed by atoms with van der Waals surface area (Å²) in [6.07, 6.45) is 4.58. The summed E-state index contributed by atoms with van der Waals surface area (Å²) in [6.45, 7) is 1.93. The molecule has 1 atom stereocenters. The molecule has 0 amide bonds. The predicted molar refractivity (Wildman–Crippen MR) is 59.0 cm³/mol. The number of hydrogen-bond donors (Lipinski definition) is 0. The van der Waals surface area contributed by atoms with Crippen LogP contribution in [-0.4, -0.2) is 12.4 Å². The molecule has 1 aliphatic rings. The van der Waals surface area contributed by atoms with E-state index in [1.54, 1.807) is 0 Å². The van der Waals surface area contributed by atoms with Gasteiger partial charge in [-0.2, -0.15) is 0 Å². The van der Waals surface area contributed by atoms with Gasteiger partial charge in [-0.15, -0.1) is 0 Å². The summed E-state index contributed by atoms with van der Waals surface area (Å²) >= 11 is 0. The second-order valence-electron chi connectivity index (χ2n) is 4.28. The number of hydrogen-bond acceptors (Lipinski definition) is 2. The molecular formula is C13H16O2. The highest BCUT2D eigenvalue weighted by molar-refractivity contribution is 5.53. The molecule has 0 bridgehead atoms. The average molecular weight is 204 g/mol. The van der Waals surface area contributed by atoms with Gasteiger partial charge in [0.25, 0.3) is 0 Å². The third-order valence-electron chi connectivity index (χ3n) is 2.52. The number of aldehydes is 1. The monoisotopic (exact) mass is 204 g/mol. The Bertz CT molecular complexity index is 342. The normalized spacial score (nSPS) is 17.1. The van der Waals surface area contributed by atoms with Gasteiger partial charge in [-0.25, -0.2) is 0 Å². The first-order valence-electron chi connectivity index (χ1n) is 5.49. The molecule has 2 heteroatoms. The number of carbonyl (C=O) groups is 1. The summed E-state index contributed by atoms with van der Waals surface area (Å²) in [5.74, 6) is 1.02. The zero-order chi connectivity index (χ0) is 10.7. The Morgan fingerprint density at radius 1 is 1.53 bits per heavy atom. The molecule has 1 unspecified atom stereocenters. The van der Waals surface area contributed by atoms with E-state index in [1.165, 1.54) is 18.4 Å². The summed E-state index contributed by atoms with van der Waals surface area (Å²) < 4.78 is 5.69. The average Bonchev–Trinajstić information content (AvgIpc) is 3.02. The Balaban J connectivity index is 2.00. The Morgan fingerprint density at radius 2 is 2.33 bits per heavy atom. The van der Waals surface area contributed by atoms with E-state index in [-0.39, 0.29) is 5.92 Å². The van der Waals surface area contributed by atoms with Gasteiger partial charge >= 0.3 is 0 Å². The van der Waals surface area contributed by atoms with Gasteiger partial charge in [-0.3, -0.25) is 0 Å². The van der Waals surface area contributed by atoms with Gasteiger partial charge in [0.2, 0.25) is 0 Å². The molecular weight excluding hydrogens is 188 g/mol. The minimum atomic E-state index is 0.0844. The predicted octanol–water partition coefficient (Wildman–Crippen LogP) is 2.61. The first kappa shape index (κ1) is 10.2. The Morgan fingerprint density at radius 3 is 3.00 bits per heavy atom. The molecule has 1 aromatic carbocycles. The van der Waals surface area contributed by atoms with Gasteiger partial charge in [-0.05, 0) is 37.0 Å². The van der Waals surface area contributed by atoms with Gasteiger partial charge in [0, 0.05) is 5.92 Å². The molecule has 0 heterocycles. The van der Waals surface area contributed by atoms with Crippen molar-refractivity contribution >= 4 is 6.29 Å². The zero-order valence-corrected chi connectivity index (χ0v) is 8.98. The van der Waals surface area contributed by atoms with Crippen molar-refractivity contribution in [2.45, 2.75) is 32.3 Å². The van der Waals surface area contributed by atoms with E-state index >= 15 is 0 Å². The third kappa shape index (κ3) is 3.08. The molecule has 2 rings (SSSR count). The molecule has 1 aromatic rings. The molecule has 0 N–H and O–H groups in total. The van der Waals surface area contributed by atoms with E-state index in [1.807, 2.05) is 31.2 Å². The number of rotatable bonds is 5. The van der Waals surface area contributed by atoms with Crippen molar-refractivity contribution in [1.82, 2.24) is 0 Å². The van der Waals surface area contributed by atoms with Crippen LogP contribution in [0.4, 0.5) is 0 Å². The maximum absolute atomic E-state index is 10.6. The molecule has 2 nitrogen and oxygen atoms in total. The molecule has 0 radical (unpaired) electrons. The van der Waals surface area contributed by atoms with Gasteiger partial charge in [0.1, 0.15) is 12.0 Å². The van der Waals surface area contributed by atoms with E-state index < -0.39 is 0 Å². The second-order valence-corrected chi connectivity index (χ2v) is 4.28. The molecule has 0 aromatic heterocycles. The van der Waals surface area contributed by atoms with Crippen LogP contribution in [0.15, 0.2) is 24.3 Å². The maximum Gasteiger partial charge on any atom is 0.123 e. The largest absolute Gasteiger partial charge is 0.490 e. The fraction of sp³-hybridized carbons (Fsp3) is 0.462. The first-order valence-corrected chi connectivity index (χ1v) is 5.49. The first-order chi connectivity index (χ1) is 7.28. The molecule has 0 aliphatic heterocycles. The number of benzene rings is 1. The third-order valence-corrected chi connectivity index (χ3v) is 2.52. The highest BCUT2D eigenvalue weighted by Crippen LogP contribution is 2.27. The fourth-order valence-corrected chi connectivity index (χ4v) is 1.54. The molecule has 0 spiro atoms. The minimum Gasteiger partial charge on any atom is -0.490 e. The quantitative estimate of drug-likeness (QED) is 0.689. The van der Waals surface area contributed by atoms with E-state index in [2.05, 4.69) is 0 Å². The Labute approximate surface area is 90.3 Å². The SMILES string of the molecule is CC(C=O)Cc1cccc(OC2CC2)c1. The lowest BCUT2D eigenvalue weighted by molar-refractivity contribution is -0.110. The summed E-state index contributed by atoms with van der Waals surface area (Å²) in [5.41, 5.74) is 1.17. The highest BCUT2D eigenvalue weighted by atomic mass is 16.5. The summed E-state index contributed by atoms with van der Waals surface area (Å²) in [4.78, 5) is 10.6. The van der Waals surface area contributed by atoms with E-state index in [4.69, 9.17) is 4.74 Å². The van der Waals surface area contributed by atoms with Crippen LogP contribution in [-0.2, 0) is 11.2 Å². The van der Waals surface area contributed by atoms with Crippen molar-refractivity contribution in [3.05, 3.63) is 29.8 Å². The van der Waals surface area contributed by atoms with E-state index in [0.29, 0.717) is 6.10 Å². The van der Waals surface area contributed by atoms with Crippen LogP contribution < -0.4 is 4.74 Å². The number of carbonyl (C=O) groups excluding carboxylic acids is 1. The molecule has 0 saturated heterocycles. The smallest absolute Gasteiger partial charge is 0.123 e. The van der Waals surface area contributed by atoms with Crippen LogP contribution in [0, 0.1) is 5.92 Å². The van der Waals surface area contributed by atoms with Crippen LogP contribution >= 0.6 is 0 Å². The molecule has 1 fully saturated rings. The van der Waals surface area contributed by atoms with Crippen LogP contribution in [0.25, 0.3) is 0 Å². The zero-order valence-electron chi connectivity index (χ0n) is 8.98. The summed E-state index contributed by atoms with van der Waals surface area (Å²) in [7, 11) is 0. The number of ether oxygens (including phenoxy) is 1. The van der Waals surface area contributed by atoms with E-state index in [9.17, 15) is 4.79 Å². The van der Waals surface area contributed by atoms with Crippen LogP contribution in [0.1, 0.15) is 25.3 Å². The lowest BCUT2D eigenvalue weighted by Crippen LogP contribution is -2.01. The highest BCUT2D eigenvalue weighted by Gasteiger charge is 2.23. The van der Waals surface area contributed by atoms with Gasteiger partial charge in [0.05, 0.1) is 6.10 Å². The molecule has 15 heavy (non-hydrogen) atoms. The summed E-state index contributed by atoms with van der Waals surface area (Å²) in [5, 5.41) is 0. The topological polar surface area (TPSA) is 26.3 Å². The van der Waals surface area contributed by atoms with Crippen molar-refractivity contribution in [3.63, 3.8) is 0 Å². The van der Waals surface area contributed by atoms with Crippen LogP contribution in [0.3, 0.4) is 0 Å². The second kappa shape index (κ2) is 4.47. The minimum absolute atomic E-state index is 0.0844. The van der Waals surface area contributed by atoms with Crippen molar-refractivity contribution in [2.75, 3.05) is 0 Å². The lowest BCUT2D eigenvalue weighted by atomic mass is 10.0. The lowest BCUT2D eigenvalue weighted by Gasteiger charge is -2.07. The van der Waals surface area contributed by atoms with Crippen molar-refractivity contribution < 1.29 is 9.53 Å². The van der Waals surface area contributed by atoms with Gasteiger partial charge in [-0.1, -0.05) is 19.1 Å². The molecule has 1 aliphatic carbocycles. The van der Waals surface area contributed by atoms with Crippen molar-refractivity contribution in [2.24, 2.45) is 5.92 Å².